The van der Waals surface area contributed by atoms with Gasteiger partial charge in [-0.3, -0.25) is 4.79 Å². The lowest BCUT2D eigenvalue weighted by molar-refractivity contribution is -0.116. The first-order chi connectivity index (χ1) is 10.9. The monoisotopic (exact) mass is 340 g/mol. The first kappa shape index (κ1) is 17.5. The second kappa shape index (κ2) is 7.59. The van der Waals surface area contributed by atoms with Gasteiger partial charge in [0, 0.05) is 29.6 Å². The molecule has 1 amide bonds. The molecule has 0 unspecified atom stereocenters. The lowest BCUT2D eigenvalue weighted by atomic mass is 10.2. The van der Waals surface area contributed by atoms with Crippen molar-refractivity contribution in [3.63, 3.8) is 0 Å². The molecule has 0 aliphatic heterocycles. The molecule has 0 saturated carbocycles. The van der Waals surface area contributed by atoms with Crippen molar-refractivity contribution in [3.8, 4) is 0 Å². The molecule has 2 aromatic rings. The van der Waals surface area contributed by atoms with Gasteiger partial charge in [0.2, 0.25) is 5.91 Å². The number of aromatic nitrogens is 1. The van der Waals surface area contributed by atoms with E-state index in [1.165, 1.54) is 22.7 Å². The first-order valence-electron chi connectivity index (χ1n) is 7.19. The lowest BCUT2D eigenvalue weighted by Gasteiger charge is -2.21. The van der Waals surface area contributed by atoms with Gasteiger partial charge in [0.05, 0.1) is 11.4 Å². The molecule has 0 fully saturated rings. The predicted molar refractivity (Wildman–Crippen MR) is 86.5 cm³/mol. The van der Waals surface area contributed by atoms with Crippen LogP contribution in [0.3, 0.4) is 0 Å². The number of benzene rings is 1. The predicted octanol–water partition coefficient (Wildman–Crippen LogP) is 3.86. The Morgan fingerprint density at radius 2 is 2.04 bits per heavy atom. The third-order valence-electron chi connectivity index (χ3n) is 3.49. The summed E-state index contributed by atoms with van der Waals surface area (Å²) in [6, 6.07) is 3.46. The molecule has 0 saturated heterocycles. The van der Waals surface area contributed by atoms with Crippen LogP contribution in [0.5, 0.6) is 0 Å². The van der Waals surface area contributed by atoms with E-state index in [1.807, 2.05) is 13.8 Å². The minimum Gasteiger partial charge on any atom is -0.361 e. The molecule has 1 aromatic carbocycles. The zero-order valence-corrected chi connectivity index (χ0v) is 14.0. The second-order valence-corrected chi connectivity index (χ2v) is 6.02. The number of hydrogen-bond acceptors (Lipinski definition) is 4. The van der Waals surface area contributed by atoms with E-state index in [4.69, 9.17) is 4.52 Å². The van der Waals surface area contributed by atoms with E-state index in [0.29, 0.717) is 18.0 Å². The van der Waals surface area contributed by atoms with E-state index in [0.717, 1.165) is 29.2 Å². The Balaban J connectivity index is 1.99. The maximum atomic E-state index is 13.3. The summed E-state index contributed by atoms with van der Waals surface area (Å²) >= 11 is 1.43. The van der Waals surface area contributed by atoms with Gasteiger partial charge in [-0.2, -0.15) is 0 Å². The van der Waals surface area contributed by atoms with Crippen LogP contribution in [-0.2, 0) is 10.5 Å². The molecule has 0 spiro atoms. The van der Waals surface area contributed by atoms with Crippen LogP contribution >= 0.6 is 11.8 Å². The van der Waals surface area contributed by atoms with Gasteiger partial charge in [0.25, 0.3) is 0 Å². The van der Waals surface area contributed by atoms with Crippen LogP contribution in [0.25, 0.3) is 0 Å². The minimum absolute atomic E-state index is 0.157. The Hall–Kier alpha value is -1.89. The van der Waals surface area contributed by atoms with E-state index in [1.54, 1.807) is 6.92 Å². The fraction of sp³-hybridized carbons (Fsp3) is 0.375. The number of aryl methyl sites for hydroxylation is 2. The van der Waals surface area contributed by atoms with E-state index in [-0.39, 0.29) is 11.7 Å². The molecule has 2 rings (SSSR count). The van der Waals surface area contributed by atoms with Crippen LogP contribution < -0.4 is 4.90 Å². The third kappa shape index (κ3) is 4.10. The highest BCUT2D eigenvalue weighted by Crippen LogP contribution is 2.22. The molecular formula is C16H18F2N2O2S. The largest absolute Gasteiger partial charge is 0.361 e. The molecule has 4 nitrogen and oxygen atoms in total. The van der Waals surface area contributed by atoms with E-state index in [9.17, 15) is 13.6 Å². The molecule has 7 heteroatoms. The van der Waals surface area contributed by atoms with Crippen LogP contribution in [0.1, 0.15) is 23.9 Å². The summed E-state index contributed by atoms with van der Waals surface area (Å²) in [7, 11) is 0. The molecule has 0 bridgehead atoms. The van der Waals surface area contributed by atoms with Crippen LogP contribution in [-0.4, -0.2) is 23.4 Å². The molecule has 0 atom stereocenters. The van der Waals surface area contributed by atoms with Crippen molar-refractivity contribution in [3.05, 3.63) is 46.9 Å². The number of carbonyl (C=O) groups is 1. The van der Waals surface area contributed by atoms with Crippen LogP contribution in [0, 0.1) is 25.5 Å². The summed E-state index contributed by atoms with van der Waals surface area (Å²) in [4.78, 5) is 13.8. The number of hydrogen-bond donors (Lipinski definition) is 0. The van der Waals surface area contributed by atoms with Crippen molar-refractivity contribution < 1.29 is 18.1 Å². The average Bonchev–Trinajstić information content (AvgIpc) is 2.83. The highest BCUT2D eigenvalue weighted by molar-refractivity contribution is 7.99. The summed E-state index contributed by atoms with van der Waals surface area (Å²) in [5.41, 5.74) is 2.16. The number of rotatable bonds is 6. The molecule has 1 aromatic heterocycles. The van der Waals surface area contributed by atoms with Gasteiger partial charge in [-0.05, 0) is 32.9 Å². The van der Waals surface area contributed by atoms with Gasteiger partial charge >= 0.3 is 0 Å². The SMILES string of the molecule is CCN(C(=O)CSCc1c(C)noc1C)c1ccc(F)c(F)c1. The van der Waals surface area contributed by atoms with Crippen molar-refractivity contribution >= 4 is 23.4 Å². The summed E-state index contributed by atoms with van der Waals surface area (Å²) in [5.74, 6) is -0.452. The Kier molecular flexibility index (Phi) is 5.76. The summed E-state index contributed by atoms with van der Waals surface area (Å²) in [5, 5.41) is 3.87. The van der Waals surface area contributed by atoms with E-state index < -0.39 is 11.6 Å². The Labute approximate surface area is 137 Å². The van der Waals surface area contributed by atoms with Gasteiger partial charge in [0.15, 0.2) is 11.6 Å². The number of halogens is 2. The standard InChI is InChI=1S/C16H18F2N2O2S/c1-4-20(12-5-6-14(17)15(18)7-12)16(21)9-23-8-13-10(2)19-22-11(13)3/h5-7H,4,8-9H2,1-3H3. The fourth-order valence-corrected chi connectivity index (χ4v) is 3.23. The fourth-order valence-electron chi connectivity index (χ4n) is 2.18. The van der Waals surface area contributed by atoms with E-state index in [2.05, 4.69) is 5.16 Å². The number of carbonyl (C=O) groups excluding carboxylic acids is 1. The Morgan fingerprint density at radius 3 is 2.61 bits per heavy atom. The van der Waals surface area contributed by atoms with Gasteiger partial charge in [-0.25, -0.2) is 8.78 Å². The summed E-state index contributed by atoms with van der Waals surface area (Å²) in [6.07, 6.45) is 0. The molecule has 0 aliphatic rings. The quantitative estimate of drug-likeness (QED) is 0.801. The normalized spacial score (nSPS) is 10.8. The maximum Gasteiger partial charge on any atom is 0.236 e. The molecule has 1 heterocycles. The van der Waals surface area contributed by atoms with Crippen LogP contribution in [0.4, 0.5) is 14.5 Å². The molecule has 124 valence electrons. The van der Waals surface area contributed by atoms with Gasteiger partial charge in [0.1, 0.15) is 5.76 Å². The third-order valence-corrected chi connectivity index (χ3v) is 4.43. The molecule has 0 aliphatic carbocycles. The van der Waals surface area contributed by atoms with Crippen molar-refractivity contribution in [1.29, 1.82) is 0 Å². The topological polar surface area (TPSA) is 46.3 Å². The first-order valence-corrected chi connectivity index (χ1v) is 8.34. The molecule has 0 radical (unpaired) electrons. The van der Waals surface area contributed by atoms with E-state index >= 15 is 0 Å². The number of anilines is 1. The smallest absolute Gasteiger partial charge is 0.236 e. The average molecular weight is 340 g/mol. The van der Waals surface area contributed by atoms with Crippen LogP contribution in [0.2, 0.25) is 0 Å². The lowest BCUT2D eigenvalue weighted by Crippen LogP contribution is -2.32. The highest BCUT2D eigenvalue weighted by atomic mass is 32.2. The molecule has 0 N–H and O–H groups in total. The van der Waals surface area contributed by atoms with Crippen molar-refractivity contribution in [2.24, 2.45) is 0 Å². The number of thioether (sulfide) groups is 1. The molecular weight excluding hydrogens is 322 g/mol. The Bertz CT molecular complexity index is 684. The number of amides is 1. The zero-order chi connectivity index (χ0) is 17.0. The van der Waals surface area contributed by atoms with Gasteiger partial charge < -0.3 is 9.42 Å². The second-order valence-electron chi connectivity index (χ2n) is 5.03. The number of nitrogens with zero attached hydrogens (tertiary/aromatic N) is 2. The van der Waals surface area contributed by atoms with Crippen LogP contribution in [0.15, 0.2) is 22.7 Å². The Morgan fingerprint density at radius 1 is 1.30 bits per heavy atom. The van der Waals surface area contributed by atoms with Gasteiger partial charge in [-0.1, -0.05) is 5.16 Å². The zero-order valence-electron chi connectivity index (χ0n) is 13.2. The molecule has 23 heavy (non-hydrogen) atoms. The summed E-state index contributed by atoms with van der Waals surface area (Å²) < 4.78 is 31.4. The van der Waals surface area contributed by atoms with Gasteiger partial charge in [-0.15, -0.1) is 11.8 Å². The minimum atomic E-state index is -0.961. The van der Waals surface area contributed by atoms with Crippen molar-refractivity contribution in [2.45, 2.75) is 26.5 Å². The van der Waals surface area contributed by atoms with Crippen molar-refractivity contribution in [1.82, 2.24) is 5.16 Å². The maximum absolute atomic E-state index is 13.3. The summed E-state index contributed by atoms with van der Waals surface area (Å²) in [6.45, 7) is 5.86. The van der Waals surface area contributed by atoms with Crippen molar-refractivity contribution in [2.75, 3.05) is 17.2 Å². The highest BCUT2D eigenvalue weighted by Gasteiger charge is 2.17.